The summed E-state index contributed by atoms with van der Waals surface area (Å²) in [7, 11) is 0. The molecule has 146 valence electrons. The molecule has 2 aromatic rings. The molecule has 2 aromatic carbocycles. The quantitative estimate of drug-likeness (QED) is 0.756. The Kier molecular flexibility index (Phi) is 5.33. The highest BCUT2D eigenvalue weighted by molar-refractivity contribution is 5.79. The van der Waals surface area contributed by atoms with Gasteiger partial charge in [-0.15, -0.1) is 0 Å². The predicted octanol–water partition coefficient (Wildman–Crippen LogP) is 4.40. The maximum atomic E-state index is 12.3. The standard InChI is InChI=1S/C23H25NO4/c25-16-28-23(12-6-1-7-13-23)15-24-22(26)27-14-21-19-10-4-2-8-17(19)18-9-3-5-11-20(18)21/h2-5,8-11,16,21H,1,6-7,12-15H2,(H,24,26). The normalized spacial score (nSPS) is 17.3. The van der Waals surface area contributed by atoms with Crippen molar-refractivity contribution in [1.82, 2.24) is 5.32 Å². The van der Waals surface area contributed by atoms with Crippen molar-refractivity contribution in [1.29, 1.82) is 0 Å². The van der Waals surface area contributed by atoms with Gasteiger partial charge in [0.1, 0.15) is 12.2 Å². The lowest BCUT2D eigenvalue weighted by Gasteiger charge is -2.35. The van der Waals surface area contributed by atoms with Crippen LogP contribution in [-0.4, -0.2) is 31.3 Å². The van der Waals surface area contributed by atoms with Gasteiger partial charge in [0, 0.05) is 5.92 Å². The van der Waals surface area contributed by atoms with E-state index < -0.39 is 11.7 Å². The first-order valence-electron chi connectivity index (χ1n) is 9.93. The van der Waals surface area contributed by atoms with Crippen molar-refractivity contribution >= 4 is 12.6 Å². The fourth-order valence-electron chi connectivity index (χ4n) is 4.52. The van der Waals surface area contributed by atoms with Gasteiger partial charge in [-0.3, -0.25) is 4.79 Å². The summed E-state index contributed by atoms with van der Waals surface area (Å²) in [4.78, 5) is 23.2. The zero-order chi connectivity index (χ0) is 19.4. The molecule has 0 bridgehead atoms. The van der Waals surface area contributed by atoms with Crippen LogP contribution < -0.4 is 5.32 Å². The number of fused-ring (bicyclic) bond motifs is 3. The summed E-state index contributed by atoms with van der Waals surface area (Å²) in [5.74, 6) is 0.0352. The number of carbonyl (C=O) groups excluding carboxylic acids is 2. The third kappa shape index (κ3) is 3.61. The van der Waals surface area contributed by atoms with Crippen molar-refractivity contribution in [2.24, 2.45) is 0 Å². The van der Waals surface area contributed by atoms with E-state index in [-0.39, 0.29) is 12.5 Å². The third-order valence-corrected chi connectivity index (χ3v) is 5.96. The van der Waals surface area contributed by atoms with E-state index in [0.29, 0.717) is 13.0 Å². The number of benzene rings is 2. The van der Waals surface area contributed by atoms with Gasteiger partial charge in [0.25, 0.3) is 6.47 Å². The van der Waals surface area contributed by atoms with Crippen molar-refractivity contribution in [3.05, 3.63) is 59.7 Å². The van der Waals surface area contributed by atoms with Gasteiger partial charge in [-0.05, 0) is 47.9 Å². The molecular weight excluding hydrogens is 354 g/mol. The largest absolute Gasteiger partial charge is 0.459 e. The van der Waals surface area contributed by atoms with Crippen LogP contribution in [0.4, 0.5) is 4.79 Å². The minimum absolute atomic E-state index is 0.0352. The van der Waals surface area contributed by atoms with E-state index in [2.05, 4.69) is 29.6 Å². The molecule has 4 rings (SSSR count). The Labute approximate surface area is 165 Å². The molecule has 2 aliphatic rings. The van der Waals surface area contributed by atoms with Gasteiger partial charge < -0.3 is 14.8 Å². The summed E-state index contributed by atoms with van der Waals surface area (Å²) in [5.41, 5.74) is 4.18. The average molecular weight is 379 g/mol. The zero-order valence-electron chi connectivity index (χ0n) is 15.9. The molecule has 28 heavy (non-hydrogen) atoms. The predicted molar refractivity (Wildman–Crippen MR) is 106 cm³/mol. The number of hydrogen-bond donors (Lipinski definition) is 1. The molecule has 5 nitrogen and oxygen atoms in total. The second-order valence-corrected chi connectivity index (χ2v) is 7.64. The van der Waals surface area contributed by atoms with Crippen molar-refractivity contribution < 1.29 is 19.1 Å². The van der Waals surface area contributed by atoms with E-state index in [1.54, 1.807) is 0 Å². The SMILES string of the molecule is O=COC1(CNC(=O)OCC2c3ccccc3-c3ccccc32)CCCCC1. The van der Waals surface area contributed by atoms with E-state index >= 15 is 0 Å². The van der Waals surface area contributed by atoms with Crippen molar-refractivity contribution in [2.75, 3.05) is 13.2 Å². The van der Waals surface area contributed by atoms with E-state index in [9.17, 15) is 9.59 Å². The van der Waals surface area contributed by atoms with E-state index in [1.165, 1.54) is 22.3 Å². The Morgan fingerprint density at radius 3 is 2.21 bits per heavy atom. The molecule has 0 radical (unpaired) electrons. The van der Waals surface area contributed by atoms with Crippen LogP contribution in [0.25, 0.3) is 11.1 Å². The molecule has 0 saturated heterocycles. The van der Waals surface area contributed by atoms with Crippen molar-refractivity contribution in [3.63, 3.8) is 0 Å². The molecular formula is C23H25NO4. The van der Waals surface area contributed by atoms with Crippen molar-refractivity contribution in [3.8, 4) is 11.1 Å². The molecule has 0 spiro atoms. The summed E-state index contributed by atoms with van der Waals surface area (Å²) < 4.78 is 10.9. The highest BCUT2D eigenvalue weighted by Crippen LogP contribution is 2.44. The monoisotopic (exact) mass is 379 g/mol. The minimum Gasteiger partial charge on any atom is -0.459 e. The van der Waals surface area contributed by atoms with Crippen LogP contribution in [0.2, 0.25) is 0 Å². The van der Waals surface area contributed by atoms with Crippen LogP contribution in [0.5, 0.6) is 0 Å². The summed E-state index contributed by atoms with van der Waals surface area (Å²) in [6.45, 7) is 1.06. The zero-order valence-corrected chi connectivity index (χ0v) is 15.9. The van der Waals surface area contributed by atoms with Gasteiger partial charge in [0.15, 0.2) is 0 Å². The van der Waals surface area contributed by atoms with E-state index in [4.69, 9.17) is 9.47 Å². The first-order chi connectivity index (χ1) is 13.7. The van der Waals surface area contributed by atoms with E-state index in [0.717, 1.165) is 32.1 Å². The number of amides is 1. The summed E-state index contributed by atoms with van der Waals surface area (Å²) in [6.07, 6.45) is 4.21. The lowest BCUT2D eigenvalue weighted by Crippen LogP contribution is -2.46. The maximum absolute atomic E-state index is 12.3. The average Bonchev–Trinajstić information content (AvgIpc) is 3.06. The number of alkyl carbamates (subject to hydrolysis) is 1. The maximum Gasteiger partial charge on any atom is 0.407 e. The molecule has 0 atom stereocenters. The van der Waals surface area contributed by atoms with Crippen LogP contribution in [0.1, 0.15) is 49.1 Å². The lowest BCUT2D eigenvalue weighted by atomic mass is 9.84. The molecule has 0 aliphatic heterocycles. The van der Waals surface area contributed by atoms with Gasteiger partial charge in [0.05, 0.1) is 6.54 Å². The Morgan fingerprint density at radius 1 is 1.00 bits per heavy atom. The second-order valence-electron chi connectivity index (χ2n) is 7.64. The molecule has 1 N–H and O–H groups in total. The van der Waals surface area contributed by atoms with Crippen molar-refractivity contribution in [2.45, 2.75) is 43.6 Å². The molecule has 0 aromatic heterocycles. The molecule has 0 unspecified atom stereocenters. The molecule has 0 heterocycles. The van der Waals surface area contributed by atoms with E-state index in [1.807, 2.05) is 24.3 Å². The Balaban J connectivity index is 1.39. The smallest absolute Gasteiger partial charge is 0.407 e. The molecule has 1 saturated carbocycles. The number of ether oxygens (including phenoxy) is 2. The van der Waals surface area contributed by atoms with Gasteiger partial charge >= 0.3 is 6.09 Å². The van der Waals surface area contributed by atoms with Crippen LogP contribution >= 0.6 is 0 Å². The highest BCUT2D eigenvalue weighted by Gasteiger charge is 2.35. The van der Waals surface area contributed by atoms with Crippen LogP contribution in [-0.2, 0) is 14.3 Å². The Hall–Kier alpha value is -2.82. The fraction of sp³-hybridized carbons (Fsp3) is 0.391. The number of carbonyl (C=O) groups is 2. The van der Waals surface area contributed by atoms with Crippen LogP contribution in [0.3, 0.4) is 0 Å². The van der Waals surface area contributed by atoms with Gasteiger partial charge in [-0.2, -0.15) is 0 Å². The molecule has 2 aliphatic carbocycles. The highest BCUT2D eigenvalue weighted by atomic mass is 16.6. The summed E-state index contributed by atoms with van der Waals surface area (Å²) >= 11 is 0. The topological polar surface area (TPSA) is 64.6 Å². The van der Waals surface area contributed by atoms with Gasteiger partial charge in [0.2, 0.25) is 0 Å². The second kappa shape index (κ2) is 8.05. The molecule has 1 amide bonds. The Morgan fingerprint density at radius 2 is 1.61 bits per heavy atom. The van der Waals surface area contributed by atoms with Gasteiger partial charge in [-0.25, -0.2) is 4.79 Å². The lowest BCUT2D eigenvalue weighted by molar-refractivity contribution is -0.146. The first-order valence-corrected chi connectivity index (χ1v) is 9.93. The first kappa shape index (κ1) is 18.5. The fourth-order valence-corrected chi connectivity index (χ4v) is 4.52. The number of rotatable bonds is 6. The summed E-state index contributed by atoms with van der Waals surface area (Å²) in [5, 5.41) is 2.80. The Bertz CT molecular complexity index is 812. The third-order valence-electron chi connectivity index (χ3n) is 5.96. The minimum atomic E-state index is -0.592. The molecule has 1 fully saturated rings. The molecule has 5 heteroatoms. The van der Waals surface area contributed by atoms with Crippen LogP contribution in [0, 0.1) is 0 Å². The van der Waals surface area contributed by atoms with Crippen LogP contribution in [0.15, 0.2) is 48.5 Å². The number of nitrogens with one attached hydrogen (secondary N) is 1. The summed E-state index contributed by atoms with van der Waals surface area (Å²) in [6, 6.07) is 16.5. The van der Waals surface area contributed by atoms with Gasteiger partial charge in [-0.1, -0.05) is 55.0 Å². The number of hydrogen-bond acceptors (Lipinski definition) is 4.